The highest BCUT2D eigenvalue weighted by Crippen LogP contribution is 2.30. The molecule has 102 valence electrons. The Morgan fingerprint density at radius 1 is 1.47 bits per heavy atom. The molecule has 1 fully saturated rings. The van der Waals surface area contributed by atoms with E-state index < -0.39 is 6.04 Å². The lowest BCUT2D eigenvalue weighted by Crippen LogP contribution is -2.44. The van der Waals surface area contributed by atoms with Crippen LogP contribution in [0.3, 0.4) is 0 Å². The third-order valence-electron chi connectivity index (χ3n) is 3.07. The minimum absolute atomic E-state index is 0.101. The molecule has 1 unspecified atom stereocenters. The van der Waals surface area contributed by atoms with Gasteiger partial charge >= 0.3 is 0 Å². The molecule has 4 nitrogen and oxygen atoms in total. The molecule has 2 amide bonds. The lowest BCUT2D eigenvalue weighted by molar-refractivity contribution is -0.125. The van der Waals surface area contributed by atoms with Gasteiger partial charge < -0.3 is 10.2 Å². The molecule has 0 aromatic heterocycles. The lowest BCUT2D eigenvalue weighted by Gasteiger charge is -2.24. The van der Waals surface area contributed by atoms with Crippen LogP contribution in [0.4, 0.5) is 5.69 Å². The predicted octanol–water partition coefficient (Wildman–Crippen LogP) is 2.73. The zero-order valence-corrected chi connectivity index (χ0v) is 12.8. The molecule has 0 aliphatic carbocycles. The van der Waals surface area contributed by atoms with Crippen LogP contribution >= 0.6 is 27.5 Å². The summed E-state index contributed by atoms with van der Waals surface area (Å²) in [6.07, 6.45) is 0.851. The Labute approximate surface area is 125 Å². The van der Waals surface area contributed by atoms with E-state index in [1.165, 1.54) is 0 Å². The van der Waals surface area contributed by atoms with Crippen molar-refractivity contribution in [2.24, 2.45) is 0 Å². The van der Waals surface area contributed by atoms with E-state index in [0.29, 0.717) is 23.7 Å². The minimum Gasteiger partial charge on any atom is -0.344 e. The molecular weight excluding hydrogens is 332 g/mol. The zero-order chi connectivity index (χ0) is 14.0. The first-order chi connectivity index (χ1) is 9.02. The number of carbonyl (C=O) groups excluding carboxylic acids is 2. The topological polar surface area (TPSA) is 49.4 Å². The summed E-state index contributed by atoms with van der Waals surface area (Å²) in [5, 5.41) is 3.22. The van der Waals surface area contributed by atoms with Crippen LogP contribution in [0.1, 0.15) is 19.8 Å². The highest BCUT2D eigenvalue weighted by atomic mass is 79.9. The zero-order valence-electron chi connectivity index (χ0n) is 10.5. The van der Waals surface area contributed by atoms with Crippen molar-refractivity contribution < 1.29 is 9.59 Å². The Kier molecular flexibility index (Phi) is 4.47. The summed E-state index contributed by atoms with van der Waals surface area (Å²) in [5.41, 5.74) is 0.643. The second-order valence-corrected chi connectivity index (χ2v) is 5.69. The molecule has 0 spiro atoms. The standard InChI is InChI=1S/C13H14BrClN2O2/c1-2-10-13(19)17(6-5-12(18)16-10)11-4-3-8(14)7-9(11)15/h3-4,7,10H,2,5-6H2,1H3,(H,16,18). The van der Waals surface area contributed by atoms with Gasteiger partial charge in [0.1, 0.15) is 6.04 Å². The summed E-state index contributed by atoms with van der Waals surface area (Å²) in [5.74, 6) is -0.214. The molecule has 1 atom stereocenters. The van der Waals surface area contributed by atoms with Gasteiger partial charge in [-0.1, -0.05) is 34.5 Å². The molecule has 0 saturated carbocycles. The van der Waals surface area contributed by atoms with Crippen LogP contribution in [0.5, 0.6) is 0 Å². The molecule has 1 aliphatic rings. The first kappa shape index (κ1) is 14.3. The van der Waals surface area contributed by atoms with E-state index in [0.717, 1.165) is 4.47 Å². The van der Waals surface area contributed by atoms with E-state index in [1.54, 1.807) is 17.0 Å². The van der Waals surface area contributed by atoms with Crippen molar-refractivity contribution in [1.29, 1.82) is 0 Å². The minimum atomic E-state index is -0.477. The van der Waals surface area contributed by atoms with Crippen molar-refractivity contribution in [2.75, 3.05) is 11.4 Å². The summed E-state index contributed by atoms with van der Waals surface area (Å²) < 4.78 is 0.852. The van der Waals surface area contributed by atoms with Crippen LogP contribution in [0, 0.1) is 0 Å². The normalized spacial score (nSPS) is 20.2. The van der Waals surface area contributed by atoms with E-state index in [-0.39, 0.29) is 18.2 Å². The number of nitrogens with one attached hydrogen (secondary N) is 1. The van der Waals surface area contributed by atoms with E-state index in [4.69, 9.17) is 11.6 Å². The van der Waals surface area contributed by atoms with Crippen LogP contribution in [0.25, 0.3) is 0 Å². The maximum absolute atomic E-state index is 12.4. The van der Waals surface area contributed by atoms with Gasteiger partial charge in [0.15, 0.2) is 0 Å². The van der Waals surface area contributed by atoms with Gasteiger partial charge in [-0.05, 0) is 24.6 Å². The maximum Gasteiger partial charge on any atom is 0.249 e. The fourth-order valence-electron chi connectivity index (χ4n) is 2.06. The molecule has 1 N–H and O–H groups in total. The number of hydrogen-bond acceptors (Lipinski definition) is 2. The highest BCUT2D eigenvalue weighted by molar-refractivity contribution is 9.10. The average molecular weight is 346 g/mol. The molecule has 1 saturated heterocycles. The van der Waals surface area contributed by atoms with Crippen LogP contribution < -0.4 is 10.2 Å². The number of hydrogen-bond donors (Lipinski definition) is 1. The molecule has 1 aromatic rings. The Bertz CT molecular complexity index is 521. The molecule has 2 rings (SSSR count). The number of halogens is 2. The lowest BCUT2D eigenvalue weighted by atomic mass is 10.2. The van der Waals surface area contributed by atoms with Crippen LogP contribution in [-0.4, -0.2) is 24.4 Å². The summed E-state index contributed by atoms with van der Waals surface area (Å²) in [7, 11) is 0. The number of amides is 2. The Balaban J connectivity index is 2.36. The van der Waals surface area contributed by atoms with Gasteiger partial charge in [0.2, 0.25) is 11.8 Å². The third-order valence-corrected chi connectivity index (χ3v) is 3.87. The van der Waals surface area contributed by atoms with Crippen molar-refractivity contribution in [1.82, 2.24) is 5.32 Å². The first-order valence-corrected chi connectivity index (χ1v) is 7.25. The van der Waals surface area contributed by atoms with Gasteiger partial charge in [0.25, 0.3) is 0 Å². The van der Waals surface area contributed by atoms with Crippen LogP contribution in [0.2, 0.25) is 5.02 Å². The van der Waals surface area contributed by atoms with Gasteiger partial charge in [0.05, 0.1) is 10.7 Å². The molecule has 1 aliphatic heterocycles. The highest BCUT2D eigenvalue weighted by Gasteiger charge is 2.30. The average Bonchev–Trinajstić information content (AvgIpc) is 2.50. The van der Waals surface area contributed by atoms with E-state index in [1.807, 2.05) is 13.0 Å². The molecule has 0 radical (unpaired) electrons. The number of nitrogens with zero attached hydrogens (tertiary/aromatic N) is 1. The first-order valence-electron chi connectivity index (χ1n) is 6.08. The van der Waals surface area contributed by atoms with Gasteiger partial charge in [-0.3, -0.25) is 9.59 Å². The van der Waals surface area contributed by atoms with Crippen molar-refractivity contribution in [3.8, 4) is 0 Å². The monoisotopic (exact) mass is 344 g/mol. The molecule has 0 bridgehead atoms. The van der Waals surface area contributed by atoms with Crippen molar-refractivity contribution in [2.45, 2.75) is 25.8 Å². The summed E-state index contributed by atoms with van der Waals surface area (Å²) >= 11 is 9.51. The third kappa shape index (κ3) is 3.09. The number of rotatable bonds is 2. The predicted molar refractivity (Wildman–Crippen MR) is 78.3 cm³/mol. The Morgan fingerprint density at radius 3 is 2.84 bits per heavy atom. The second-order valence-electron chi connectivity index (χ2n) is 4.36. The van der Waals surface area contributed by atoms with Crippen molar-refractivity contribution >= 4 is 45.0 Å². The molecular formula is C13H14BrClN2O2. The van der Waals surface area contributed by atoms with Gasteiger partial charge in [-0.2, -0.15) is 0 Å². The van der Waals surface area contributed by atoms with E-state index in [9.17, 15) is 9.59 Å². The summed E-state index contributed by atoms with van der Waals surface area (Å²) in [6.45, 7) is 2.22. The fourth-order valence-corrected chi connectivity index (χ4v) is 2.83. The second kappa shape index (κ2) is 5.92. The maximum atomic E-state index is 12.4. The molecule has 6 heteroatoms. The number of anilines is 1. The Hall–Kier alpha value is -1.07. The largest absolute Gasteiger partial charge is 0.344 e. The summed E-state index contributed by atoms with van der Waals surface area (Å²) in [4.78, 5) is 25.6. The van der Waals surface area contributed by atoms with Gasteiger partial charge in [-0.25, -0.2) is 0 Å². The van der Waals surface area contributed by atoms with Crippen LogP contribution in [-0.2, 0) is 9.59 Å². The van der Waals surface area contributed by atoms with E-state index >= 15 is 0 Å². The number of benzene rings is 1. The molecule has 19 heavy (non-hydrogen) atoms. The Morgan fingerprint density at radius 2 is 2.21 bits per heavy atom. The van der Waals surface area contributed by atoms with E-state index in [2.05, 4.69) is 21.2 Å². The van der Waals surface area contributed by atoms with Gasteiger partial charge in [0, 0.05) is 17.4 Å². The quantitative estimate of drug-likeness (QED) is 0.896. The summed E-state index contributed by atoms with van der Waals surface area (Å²) in [6, 6.07) is 4.88. The van der Waals surface area contributed by atoms with Crippen LogP contribution in [0.15, 0.2) is 22.7 Å². The van der Waals surface area contributed by atoms with Crippen molar-refractivity contribution in [3.63, 3.8) is 0 Å². The molecule has 1 aromatic carbocycles. The molecule has 1 heterocycles. The van der Waals surface area contributed by atoms with Gasteiger partial charge in [-0.15, -0.1) is 0 Å². The smallest absolute Gasteiger partial charge is 0.249 e. The van der Waals surface area contributed by atoms with Crippen molar-refractivity contribution in [3.05, 3.63) is 27.7 Å². The SMILES string of the molecule is CCC1NC(=O)CCN(c2ccc(Br)cc2Cl)C1=O. The fraction of sp³-hybridized carbons (Fsp3) is 0.385. The number of carbonyl (C=O) groups is 2.